The standard InChI is InChI=1S/C15H20N2OS/c1-18-13-9-7-12(8-10-13)15(17-16)6-2-4-14-5-3-11-19-14/h3,5,7-11,15,17H,2,4,6,16H2,1H3. The van der Waals surface area contributed by atoms with Crippen molar-refractivity contribution in [2.45, 2.75) is 25.3 Å². The topological polar surface area (TPSA) is 47.3 Å². The summed E-state index contributed by atoms with van der Waals surface area (Å²) in [5, 5.41) is 2.12. The van der Waals surface area contributed by atoms with Crippen LogP contribution in [0.1, 0.15) is 29.3 Å². The molecule has 2 rings (SSSR count). The lowest BCUT2D eigenvalue weighted by Crippen LogP contribution is -2.28. The fraction of sp³-hybridized carbons (Fsp3) is 0.333. The lowest BCUT2D eigenvalue weighted by atomic mass is 10.0. The van der Waals surface area contributed by atoms with E-state index in [0.29, 0.717) is 0 Å². The van der Waals surface area contributed by atoms with Crippen LogP contribution in [0.4, 0.5) is 0 Å². The lowest BCUT2D eigenvalue weighted by molar-refractivity contribution is 0.414. The monoisotopic (exact) mass is 276 g/mol. The number of hydrogen-bond acceptors (Lipinski definition) is 4. The summed E-state index contributed by atoms with van der Waals surface area (Å²) in [5.41, 5.74) is 4.10. The van der Waals surface area contributed by atoms with Gasteiger partial charge in [0.05, 0.1) is 7.11 Å². The normalized spacial score (nSPS) is 12.3. The van der Waals surface area contributed by atoms with Gasteiger partial charge in [-0.15, -0.1) is 11.3 Å². The molecule has 0 aliphatic rings. The van der Waals surface area contributed by atoms with E-state index in [0.717, 1.165) is 25.0 Å². The van der Waals surface area contributed by atoms with Gasteiger partial charge in [0.15, 0.2) is 0 Å². The Bertz CT molecular complexity index is 467. The number of nitrogens with two attached hydrogens (primary N) is 1. The predicted octanol–water partition coefficient (Wildman–Crippen LogP) is 3.28. The van der Waals surface area contributed by atoms with E-state index in [2.05, 4.69) is 35.1 Å². The first-order valence-corrected chi connectivity index (χ1v) is 7.34. The van der Waals surface area contributed by atoms with Crippen LogP contribution in [0.25, 0.3) is 0 Å². The van der Waals surface area contributed by atoms with Crippen LogP contribution in [0.5, 0.6) is 5.75 Å². The quantitative estimate of drug-likeness (QED) is 0.602. The number of rotatable bonds is 7. The zero-order chi connectivity index (χ0) is 13.5. The van der Waals surface area contributed by atoms with Crippen LogP contribution in [0.15, 0.2) is 41.8 Å². The zero-order valence-electron chi connectivity index (χ0n) is 11.1. The third kappa shape index (κ3) is 4.06. The van der Waals surface area contributed by atoms with Crippen LogP contribution >= 0.6 is 11.3 Å². The van der Waals surface area contributed by atoms with E-state index in [1.54, 1.807) is 7.11 Å². The highest BCUT2D eigenvalue weighted by atomic mass is 32.1. The molecule has 0 aliphatic heterocycles. The molecule has 4 heteroatoms. The maximum absolute atomic E-state index is 5.66. The molecule has 1 atom stereocenters. The summed E-state index contributed by atoms with van der Waals surface area (Å²) in [6, 6.07) is 12.6. The molecule has 1 aromatic heterocycles. The Morgan fingerprint density at radius 2 is 2.05 bits per heavy atom. The molecule has 102 valence electrons. The first-order valence-electron chi connectivity index (χ1n) is 6.46. The average Bonchev–Trinajstić information content (AvgIpc) is 2.97. The molecule has 0 saturated carbocycles. The van der Waals surface area contributed by atoms with E-state index in [4.69, 9.17) is 10.6 Å². The zero-order valence-corrected chi connectivity index (χ0v) is 12.0. The van der Waals surface area contributed by atoms with Crippen molar-refractivity contribution in [3.8, 4) is 5.75 Å². The molecular formula is C15H20N2OS. The first kappa shape index (κ1) is 14.1. The maximum atomic E-state index is 5.66. The third-order valence-electron chi connectivity index (χ3n) is 3.22. The van der Waals surface area contributed by atoms with Crippen molar-refractivity contribution in [2.75, 3.05) is 7.11 Å². The highest BCUT2D eigenvalue weighted by Crippen LogP contribution is 2.22. The highest BCUT2D eigenvalue weighted by molar-refractivity contribution is 7.09. The van der Waals surface area contributed by atoms with Crippen molar-refractivity contribution in [3.05, 3.63) is 52.2 Å². The summed E-state index contributed by atoms with van der Waals surface area (Å²) < 4.78 is 5.16. The van der Waals surface area contributed by atoms with Crippen molar-refractivity contribution in [2.24, 2.45) is 5.84 Å². The van der Waals surface area contributed by atoms with Gasteiger partial charge in [-0.1, -0.05) is 18.2 Å². The second-order valence-corrected chi connectivity index (χ2v) is 5.50. The molecule has 2 aromatic rings. The molecule has 0 bridgehead atoms. The fourth-order valence-corrected chi connectivity index (χ4v) is 2.87. The molecule has 0 saturated heterocycles. The molecule has 0 fully saturated rings. The average molecular weight is 276 g/mol. The molecule has 1 heterocycles. The highest BCUT2D eigenvalue weighted by Gasteiger charge is 2.09. The van der Waals surface area contributed by atoms with Gasteiger partial charge in [-0.3, -0.25) is 11.3 Å². The predicted molar refractivity (Wildman–Crippen MR) is 80.3 cm³/mol. The number of nitrogens with one attached hydrogen (secondary N) is 1. The fourth-order valence-electron chi connectivity index (χ4n) is 2.12. The molecule has 19 heavy (non-hydrogen) atoms. The second-order valence-electron chi connectivity index (χ2n) is 4.46. The minimum Gasteiger partial charge on any atom is -0.497 e. The summed E-state index contributed by atoms with van der Waals surface area (Å²) in [6.07, 6.45) is 3.27. The summed E-state index contributed by atoms with van der Waals surface area (Å²) in [5.74, 6) is 6.53. The Morgan fingerprint density at radius 3 is 2.63 bits per heavy atom. The van der Waals surface area contributed by atoms with Gasteiger partial charge < -0.3 is 4.74 Å². The summed E-state index contributed by atoms with van der Waals surface area (Å²) >= 11 is 1.81. The molecule has 1 aromatic carbocycles. The van der Waals surface area contributed by atoms with Crippen LogP contribution in [-0.2, 0) is 6.42 Å². The Balaban J connectivity index is 1.88. The number of methoxy groups -OCH3 is 1. The maximum Gasteiger partial charge on any atom is 0.118 e. The molecule has 3 nitrogen and oxygen atoms in total. The number of ether oxygens (including phenoxy) is 1. The summed E-state index contributed by atoms with van der Waals surface area (Å²) in [4.78, 5) is 1.44. The molecule has 0 aliphatic carbocycles. The van der Waals surface area contributed by atoms with Gasteiger partial charge in [0.25, 0.3) is 0 Å². The molecule has 0 amide bonds. The van der Waals surface area contributed by atoms with Gasteiger partial charge in [0, 0.05) is 10.9 Å². The van der Waals surface area contributed by atoms with E-state index < -0.39 is 0 Å². The Hall–Kier alpha value is -1.36. The number of hydrazine groups is 1. The Labute approximate surface area is 118 Å². The minimum absolute atomic E-state index is 0.200. The van der Waals surface area contributed by atoms with E-state index in [9.17, 15) is 0 Å². The molecule has 0 spiro atoms. The largest absolute Gasteiger partial charge is 0.497 e. The van der Waals surface area contributed by atoms with Crippen molar-refractivity contribution < 1.29 is 4.74 Å². The summed E-state index contributed by atoms with van der Waals surface area (Å²) in [6.45, 7) is 0. The van der Waals surface area contributed by atoms with E-state index >= 15 is 0 Å². The van der Waals surface area contributed by atoms with E-state index in [-0.39, 0.29) is 6.04 Å². The van der Waals surface area contributed by atoms with Crippen LogP contribution < -0.4 is 16.0 Å². The Kier molecular flexibility index (Phi) is 5.39. The van der Waals surface area contributed by atoms with Crippen molar-refractivity contribution in [1.82, 2.24) is 5.43 Å². The molecule has 1 unspecified atom stereocenters. The number of aryl methyl sites for hydroxylation is 1. The van der Waals surface area contributed by atoms with Crippen LogP contribution in [0.2, 0.25) is 0 Å². The van der Waals surface area contributed by atoms with Gasteiger partial charge in [0.1, 0.15) is 5.75 Å². The third-order valence-corrected chi connectivity index (χ3v) is 4.15. The number of benzene rings is 1. The smallest absolute Gasteiger partial charge is 0.118 e. The number of thiophene rings is 1. The van der Waals surface area contributed by atoms with Crippen LogP contribution in [0.3, 0.4) is 0 Å². The van der Waals surface area contributed by atoms with Crippen LogP contribution in [0, 0.1) is 0 Å². The lowest BCUT2D eigenvalue weighted by Gasteiger charge is -2.16. The van der Waals surface area contributed by atoms with E-state index in [1.807, 2.05) is 23.5 Å². The van der Waals surface area contributed by atoms with Crippen molar-refractivity contribution in [3.63, 3.8) is 0 Å². The van der Waals surface area contributed by atoms with E-state index in [1.165, 1.54) is 10.4 Å². The van der Waals surface area contributed by atoms with Gasteiger partial charge in [-0.2, -0.15) is 0 Å². The molecule has 0 radical (unpaired) electrons. The molecule has 3 N–H and O–H groups in total. The molecular weight excluding hydrogens is 256 g/mol. The summed E-state index contributed by atoms with van der Waals surface area (Å²) in [7, 11) is 1.68. The minimum atomic E-state index is 0.200. The van der Waals surface area contributed by atoms with Crippen molar-refractivity contribution >= 4 is 11.3 Å². The van der Waals surface area contributed by atoms with Crippen molar-refractivity contribution in [1.29, 1.82) is 0 Å². The SMILES string of the molecule is COc1ccc(C(CCCc2cccs2)NN)cc1. The van der Waals surface area contributed by atoms with Crippen LogP contribution in [-0.4, -0.2) is 7.11 Å². The number of hydrogen-bond donors (Lipinski definition) is 2. The second kappa shape index (κ2) is 7.28. The van der Waals surface area contributed by atoms with Gasteiger partial charge in [-0.25, -0.2) is 0 Å². The first-order chi connectivity index (χ1) is 9.33. The van der Waals surface area contributed by atoms with Gasteiger partial charge in [-0.05, 0) is 48.4 Å². The van der Waals surface area contributed by atoms with Gasteiger partial charge in [0.2, 0.25) is 0 Å². The van der Waals surface area contributed by atoms with Gasteiger partial charge >= 0.3 is 0 Å². The Morgan fingerprint density at radius 1 is 1.26 bits per heavy atom.